The Kier molecular flexibility index (Phi) is 5.73. The molecule has 0 aliphatic rings. The first-order chi connectivity index (χ1) is 9.12. The van der Waals surface area contributed by atoms with E-state index in [2.05, 4.69) is 0 Å². The van der Waals surface area contributed by atoms with Gasteiger partial charge in [-0.2, -0.15) is 0 Å². The number of allylic oxidation sites excluding steroid dienone is 1. The molecule has 0 aromatic heterocycles. The number of ether oxygens (including phenoxy) is 3. The van der Waals surface area contributed by atoms with Crippen LogP contribution in [0.3, 0.4) is 0 Å². The standard InChI is InChI=1S/C14H18O5/c1-17-10-8-12(18-2)11(13(9-10)19-3)6-4-5-7-14(15)16/h5,7-9H,4,6H2,1-3H3,(H,15,16)/b7-5+. The van der Waals surface area contributed by atoms with E-state index >= 15 is 0 Å². The van der Waals surface area contributed by atoms with Gasteiger partial charge in [0, 0.05) is 23.8 Å². The van der Waals surface area contributed by atoms with Crippen molar-refractivity contribution in [3.05, 3.63) is 29.8 Å². The predicted molar refractivity (Wildman–Crippen MR) is 71.2 cm³/mol. The highest BCUT2D eigenvalue weighted by Crippen LogP contribution is 2.34. The maximum atomic E-state index is 10.4. The van der Waals surface area contributed by atoms with Gasteiger partial charge in [0.1, 0.15) is 17.2 Å². The van der Waals surface area contributed by atoms with Gasteiger partial charge in [-0.05, 0) is 12.8 Å². The molecule has 19 heavy (non-hydrogen) atoms. The van der Waals surface area contributed by atoms with E-state index in [1.807, 2.05) is 0 Å². The summed E-state index contributed by atoms with van der Waals surface area (Å²) >= 11 is 0. The minimum atomic E-state index is -0.950. The van der Waals surface area contributed by atoms with Gasteiger partial charge in [0.2, 0.25) is 0 Å². The lowest BCUT2D eigenvalue weighted by Gasteiger charge is -2.14. The van der Waals surface area contributed by atoms with E-state index in [0.29, 0.717) is 30.1 Å². The van der Waals surface area contributed by atoms with Crippen molar-refractivity contribution < 1.29 is 24.1 Å². The van der Waals surface area contributed by atoms with Crippen LogP contribution in [0.1, 0.15) is 12.0 Å². The van der Waals surface area contributed by atoms with E-state index in [1.165, 1.54) is 0 Å². The van der Waals surface area contributed by atoms with Crippen molar-refractivity contribution in [3.8, 4) is 17.2 Å². The highest BCUT2D eigenvalue weighted by Gasteiger charge is 2.12. The number of hydrogen-bond donors (Lipinski definition) is 1. The van der Waals surface area contributed by atoms with Gasteiger partial charge in [-0.3, -0.25) is 0 Å². The molecule has 5 heteroatoms. The van der Waals surface area contributed by atoms with Crippen LogP contribution in [0.15, 0.2) is 24.3 Å². The number of methoxy groups -OCH3 is 3. The second-order valence-electron chi connectivity index (χ2n) is 3.79. The molecule has 0 saturated heterocycles. The van der Waals surface area contributed by atoms with Gasteiger partial charge in [-0.15, -0.1) is 0 Å². The first kappa shape index (κ1) is 14.9. The Morgan fingerprint density at radius 1 is 1.16 bits per heavy atom. The van der Waals surface area contributed by atoms with Crippen molar-refractivity contribution in [2.75, 3.05) is 21.3 Å². The van der Waals surface area contributed by atoms with Crippen LogP contribution in [-0.2, 0) is 11.2 Å². The van der Waals surface area contributed by atoms with Crippen LogP contribution >= 0.6 is 0 Å². The van der Waals surface area contributed by atoms with Crippen LogP contribution in [0.25, 0.3) is 0 Å². The lowest BCUT2D eigenvalue weighted by atomic mass is 10.1. The molecule has 0 heterocycles. The van der Waals surface area contributed by atoms with Gasteiger partial charge in [-0.25, -0.2) is 4.79 Å². The van der Waals surface area contributed by atoms with Crippen LogP contribution in [0, 0.1) is 0 Å². The van der Waals surface area contributed by atoms with E-state index in [4.69, 9.17) is 19.3 Å². The van der Waals surface area contributed by atoms with Gasteiger partial charge in [0.15, 0.2) is 0 Å². The van der Waals surface area contributed by atoms with Crippen LogP contribution in [0.5, 0.6) is 17.2 Å². The summed E-state index contributed by atoms with van der Waals surface area (Å²) in [6.07, 6.45) is 3.94. The van der Waals surface area contributed by atoms with Crippen LogP contribution in [0.2, 0.25) is 0 Å². The Labute approximate surface area is 112 Å². The summed E-state index contributed by atoms with van der Waals surface area (Å²) in [6, 6.07) is 3.55. The summed E-state index contributed by atoms with van der Waals surface area (Å²) in [6.45, 7) is 0. The first-order valence-electron chi connectivity index (χ1n) is 5.80. The summed E-state index contributed by atoms with van der Waals surface area (Å²) in [5.74, 6) is 1.03. The molecular weight excluding hydrogens is 248 g/mol. The lowest BCUT2D eigenvalue weighted by molar-refractivity contribution is -0.131. The van der Waals surface area contributed by atoms with Crippen molar-refractivity contribution >= 4 is 5.97 Å². The third-order valence-electron chi connectivity index (χ3n) is 2.64. The van der Waals surface area contributed by atoms with Crippen LogP contribution < -0.4 is 14.2 Å². The molecule has 5 nitrogen and oxygen atoms in total. The van der Waals surface area contributed by atoms with E-state index < -0.39 is 5.97 Å². The molecule has 0 saturated carbocycles. The third kappa shape index (κ3) is 4.21. The quantitative estimate of drug-likeness (QED) is 0.767. The molecule has 0 spiro atoms. The summed E-state index contributed by atoms with van der Waals surface area (Å²) in [7, 11) is 4.72. The van der Waals surface area contributed by atoms with Crippen molar-refractivity contribution in [2.45, 2.75) is 12.8 Å². The minimum absolute atomic E-state index is 0.589. The largest absolute Gasteiger partial charge is 0.496 e. The summed E-state index contributed by atoms with van der Waals surface area (Å²) < 4.78 is 15.8. The van der Waals surface area contributed by atoms with E-state index in [-0.39, 0.29) is 0 Å². The van der Waals surface area contributed by atoms with Crippen molar-refractivity contribution in [1.82, 2.24) is 0 Å². The second-order valence-corrected chi connectivity index (χ2v) is 3.79. The van der Waals surface area contributed by atoms with Gasteiger partial charge < -0.3 is 19.3 Å². The number of benzene rings is 1. The molecule has 0 bridgehead atoms. The number of carboxylic acid groups (broad SMARTS) is 1. The number of carbonyl (C=O) groups is 1. The van der Waals surface area contributed by atoms with Crippen molar-refractivity contribution in [2.24, 2.45) is 0 Å². The molecule has 0 aliphatic heterocycles. The molecule has 0 unspecified atom stereocenters. The lowest BCUT2D eigenvalue weighted by Crippen LogP contribution is -1.98. The molecular formula is C14H18O5. The Morgan fingerprint density at radius 2 is 1.74 bits per heavy atom. The second kappa shape index (κ2) is 7.31. The predicted octanol–water partition coefficient (Wildman–Crippen LogP) is 2.29. The minimum Gasteiger partial charge on any atom is -0.496 e. The third-order valence-corrected chi connectivity index (χ3v) is 2.64. The maximum absolute atomic E-state index is 10.4. The fraction of sp³-hybridized carbons (Fsp3) is 0.357. The van der Waals surface area contributed by atoms with E-state index in [0.717, 1.165) is 11.6 Å². The van der Waals surface area contributed by atoms with Gasteiger partial charge >= 0.3 is 5.97 Å². The Balaban J connectivity index is 2.94. The zero-order chi connectivity index (χ0) is 14.3. The molecule has 1 N–H and O–H groups in total. The number of hydrogen-bond acceptors (Lipinski definition) is 4. The summed E-state index contributed by atoms with van der Waals surface area (Å²) in [4.78, 5) is 10.4. The van der Waals surface area contributed by atoms with E-state index in [9.17, 15) is 4.79 Å². The molecule has 0 aliphatic carbocycles. The fourth-order valence-corrected chi connectivity index (χ4v) is 1.74. The molecule has 0 radical (unpaired) electrons. The number of aliphatic carboxylic acids is 1. The molecule has 1 aromatic carbocycles. The van der Waals surface area contributed by atoms with Crippen LogP contribution in [-0.4, -0.2) is 32.4 Å². The van der Waals surface area contributed by atoms with Crippen molar-refractivity contribution in [1.29, 1.82) is 0 Å². The fourth-order valence-electron chi connectivity index (χ4n) is 1.74. The first-order valence-corrected chi connectivity index (χ1v) is 5.80. The molecule has 0 amide bonds. The monoisotopic (exact) mass is 266 g/mol. The van der Waals surface area contributed by atoms with Gasteiger partial charge in [0.25, 0.3) is 0 Å². The maximum Gasteiger partial charge on any atom is 0.327 e. The van der Waals surface area contributed by atoms with Crippen LogP contribution in [0.4, 0.5) is 0 Å². The Morgan fingerprint density at radius 3 is 2.16 bits per heavy atom. The molecule has 0 fully saturated rings. The normalized spacial score (nSPS) is 10.5. The summed E-state index contributed by atoms with van der Waals surface area (Å²) in [5, 5.41) is 8.53. The highest BCUT2D eigenvalue weighted by molar-refractivity contribution is 5.79. The van der Waals surface area contributed by atoms with Gasteiger partial charge in [-0.1, -0.05) is 6.08 Å². The van der Waals surface area contributed by atoms with Gasteiger partial charge in [0.05, 0.1) is 21.3 Å². The Bertz CT molecular complexity index is 440. The zero-order valence-corrected chi connectivity index (χ0v) is 11.3. The SMILES string of the molecule is COc1cc(OC)c(CC/C=C/C(=O)O)c(OC)c1. The van der Waals surface area contributed by atoms with Crippen molar-refractivity contribution in [3.63, 3.8) is 0 Å². The number of carboxylic acids is 1. The molecule has 104 valence electrons. The smallest absolute Gasteiger partial charge is 0.327 e. The molecule has 1 aromatic rings. The topological polar surface area (TPSA) is 65.0 Å². The summed E-state index contributed by atoms with van der Waals surface area (Å²) in [5.41, 5.74) is 0.890. The Hall–Kier alpha value is -2.17. The zero-order valence-electron chi connectivity index (χ0n) is 11.3. The average Bonchev–Trinajstić information content (AvgIpc) is 2.42. The number of rotatable bonds is 7. The van der Waals surface area contributed by atoms with E-state index in [1.54, 1.807) is 39.5 Å². The average molecular weight is 266 g/mol. The molecule has 1 rings (SSSR count). The highest BCUT2D eigenvalue weighted by atomic mass is 16.5. The molecule has 0 atom stereocenters.